The molecule has 0 spiro atoms. The largest absolute Gasteiger partial charge is 0.450 e. The minimum absolute atomic E-state index is 0.00950. The number of aryl methyl sites for hydroxylation is 1. The van der Waals surface area contributed by atoms with Crippen molar-refractivity contribution >= 4 is 27.6 Å². The molecule has 1 amide bonds. The molecule has 0 bridgehead atoms. The second-order valence-electron chi connectivity index (χ2n) is 8.87. The van der Waals surface area contributed by atoms with Crippen LogP contribution >= 0.6 is 11.6 Å². The van der Waals surface area contributed by atoms with E-state index < -0.39 is 56.8 Å². The van der Waals surface area contributed by atoms with Crippen molar-refractivity contribution in [3.05, 3.63) is 46.7 Å². The first-order valence-corrected chi connectivity index (χ1v) is 12.9. The van der Waals surface area contributed by atoms with Crippen LogP contribution in [0.2, 0.25) is 5.02 Å². The Kier molecular flexibility index (Phi) is 7.49. The van der Waals surface area contributed by atoms with E-state index in [4.69, 9.17) is 11.6 Å². The second-order valence-corrected chi connectivity index (χ2v) is 10.9. The van der Waals surface area contributed by atoms with Crippen LogP contribution < -0.4 is 9.50 Å². The summed E-state index contributed by atoms with van der Waals surface area (Å²) in [5.41, 5.74) is -2.06. The number of hydrogen-bond donors (Lipinski definition) is 1. The van der Waals surface area contributed by atoms with Crippen LogP contribution in [-0.2, 0) is 23.3 Å². The number of carbonyl (C=O) groups is 1. The summed E-state index contributed by atoms with van der Waals surface area (Å²) in [5.74, 6) is -4.10. The number of aromatic nitrogens is 4. The maximum Gasteiger partial charge on any atom is 0.450 e. The Morgan fingerprint density at radius 1 is 1.02 bits per heavy atom. The fourth-order valence-corrected chi connectivity index (χ4v) is 4.83. The van der Waals surface area contributed by atoms with E-state index in [1.807, 2.05) is 0 Å². The molecule has 0 radical (unpaired) electrons. The van der Waals surface area contributed by atoms with E-state index in [0.29, 0.717) is 11.7 Å². The molecule has 9 nitrogen and oxygen atoms in total. The smallest absolute Gasteiger partial charge is 0.356 e. The number of benzene rings is 1. The highest BCUT2D eigenvalue weighted by atomic mass is 35.5. The highest BCUT2D eigenvalue weighted by molar-refractivity contribution is 7.88. The summed E-state index contributed by atoms with van der Waals surface area (Å²) in [6.07, 6.45) is -16.8. The molecule has 1 aromatic carbocycles. The van der Waals surface area contributed by atoms with E-state index in [1.165, 1.54) is 18.2 Å². The highest BCUT2D eigenvalue weighted by Crippen LogP contribution is 2.51. The van der Waals surface area contributed by atoms with Gasteiger partial charge in [-0.2, -0.15) is 53.0 Å². The summed E-state index contributed by atoms with van der Waals surface area (Å²) in [7, 11) is -6.89. The molecule has 1 aliphatic carbocycles. The van der Waals surface area contributed by atoms with E-state index in [1.54, 1.807) is 0 Å². The summed E-state index contributed by atoms with van der Waals surface area (Å²) < 4.78 is 162. The average molecular weight is 658 g/mol. The van der Waals surface area contributed by atoms with Crippen LogP contribution in [-0.4, -0.2) is 57.3 Å². The molecule has 2 heterocycles. The first-order valence-electron chi connectivity index (χ1n) is 11.1. The first kappa shape index (κ1) is 31.4. The molecule has 1 saturated carbocycles. The molecule has 230 valence electrons. The van der Waals surface area contributed by atoms with Crippen LogP contribution in [0.5, 0.6) is 5.88 Å². The van der Waals surface area contributed by atoms with Gasteiger partial charge in [-0.25, -0.2) is 13.8 Å². The molecule has 42 heavy (non-hydrogen) atoms. The number of halogens is 11. The number of hydrogen-bond acceptors (Lipinski definition) is 6. The number of carbonyl (C=O) groups excluding carboxylic acids is 1. The number of nitrogens with zero attached hydrogens (tertiary/aromatic N) is 4. The zero-order valence-electron chi connectivity index (χ0n) is 20.4. The molecule has 0 aliphatic heterocycles. The lowest BCUT2D eigenvalue weighted by Crippen LogP contribution is -2.60. The van der Waals surface area contributed by atoms with E-state index in [9.17, 15) is 57.1 Å². The van der Waals surface area contributed by atoms with E-state index in [2.05, 4.69) is 19.7 Å². The Balaban J connectivity index is 1.78. The van der Waals surface area contributed by atoms with Crippen molar-refractivity contribution in [1.29, 1.82) is 0 Å². The van der Waals surface area contributed by atoms with Crippen molar-refractivity contribution in [1.82, 2.24) is 24.9 Å². The van der Waals surface area contributed by atoms with E-state index in [0.717, 1.165) is 25.2 Å². The van der Waals surface area contributed by atoms with E-state index >= 15 is 0 Å². The van der Waals surface area contributed by atoms with Gasteiger partial charge in [0.1, 0.15) is 0 Å². The van der Waals surface area contributed by atoms with Gasteiger partial charge in [0.05, 0.1) is 16.8 Å². The first-order chi connectivity index (χ1) is 19.1. The molecule has 0 unspecified atom stereocenters. The van der Waals surface area contributed by atoms with Crippen molar-refractivity contribution in [3.8, 4) is 22.8 Å². The molecule has 1 aliphatic rings. The van der Waals surface area contributed by atoms with Gasteiger partial charge in [0, 0.05) is 24.8 Å². The van der Waals surface area contributed by atoms with Crippen LogP contribution in [0.1, 0.15) is 28.8 Å². The molecular weight excluding hydrogens is 644 g/mol. The molecule has 1 fully saturated rings. The number of alkyl halides is 10. The van der Waals surface area contributed by atoms with Gasteiger partial charge < -0.3 is 9.50 Å². The average Bonchev–Trinajstić information content (AvgIpc) is 3.39. The van der Waals surface area contributed by atoms with Gasteiger partial charge in [-0.3, -0.25) is 4.79 Å². The van der Waals surface area contributed by atoms with Gasteiger partial charge in [-0.05, 0) is 30.5 Å². The monoisotopic (exact) mass is 657 g/mol. The Labute approximate surface area is 233 Å². The van der Waals surface area contributed by atoms with Crippen LogP contribution in [0.3, 0.4) is 0 Å². The lowest BCUT2D eigenvalue weighted by atomic mass is 10.1. The normalized spacial score (nSPS) is 15.1. The SMILES string of the molecule is Cn1nc(OS(=O)(=O)C(F)(C(F)(F)F)C(F)(F)F)c(C(F)(F)F)c1-n1cc(-c2ccc(Cl)c(C(=O)NC3CC3)c2)cn1. The molecule has 1 N–H and O–H groups in total. The van der Waals surface area contributed by atoms with Crippen LogP contribution in [0.25, 0.3) is 16.9 Å². The third-order valence-electron chi connectivity index (χ3n) is 5.79. The third kappa shape index (κ3) is 5.48. The molecular formula is C21H14ClF10N5O4S. The van der Waals surface area contributed by atoms with E-state index in [-0.39, 0.29) is 32.4 Å². The van der Waals surface area contributed by atoms with Gasteiger partial charge in [-0.15, -0.1) is 5.10 Å². The Morgan fingerprint density at radius 2 is 1.62 bits per heavy atom. The Hall–Kier alpha value is -3.55. The molecule has 21 heteroatoms. The summed E-state index contributed by atoms with van der Waals surface area (Å²) in [6.45, 7) is 0. The number of nitrogens with one attached hydrogen (secondary N) is 1. The number of rotatable bonds is 7. The summed E-state index contributed by atoms with van der Waals surface area (Å²) in [4.78, 5) is 12.5. The molecule has 0 saturated heterocycles. The van der Waals surface area contributed by atoms with Crippen LogP contribution in [0.4, 0.5) is 43.9 Å². The summed E-state index contributed by atoms with van der Waals surface area (Å²) in [5, 5.41) is 2.24. The van der Waals surface area contributed by atoms with Crippen molar-refractivity contribution in [2.75, 3.05) is 0 Å². The van der Waals surface area contributed by atoms with Gasteiger partial charge in [0.25, 0.3) is 11.8 Å². The maximum atomic E-state index is 14.2. The van der Waals surface area contributed by atoms with Crippen molar-refractivity contribution in [3.63, 3.8) is 0 Å². The maximum absolute atomic E-state index is 14.2. The molecule has 4 rings (SSSR count). The standard InChI is InChI=1S/C21H14ClF10N5O4S/c1-36-17(37-8-10(7-33-37)9-2-5-13(22)12(6-9)15(38)34-11-3-4-11)14(18(23,24)25)16(35-36)41-42(39,40)19(26,20(27,28)29)21(30,31)32/h2,5-8,11H,3-4H2,1H3,(H,34,38). The fourth-order valence-electron chi connectivity index (χ4n) is 3.62. The third-order valence-corrected chi connectivity index (χ3v) is 7.65. The molecule has 2 aromatic heterocycles. The quantitative estimate of drug-likeness (QED) is 0.272. The minimum Gasteiger partial charge on any atom is -0.356 e. The summed E-state index contributed by atoms with van der Waals surface area (Å²) in [6, 6.07) is 3.91. The van der Waals surface area contributed by atoms with Crippen molar-refractivity contribution in [2.24, 2.45) is 7.05 Å². The fraction of sp³-hybridized carbons (Fsp3) is 0.381. The summed E-state index contributed by atoms with van der Waals surface area (Å²) >= 11 is 6.07. The second kappa shape index (κ2) is 10.0. The Morgan fingerprint density at radius 3 is 2.14 bits per heavy atom. The Bertz CT molecular complexity index is 1630. The highest BCUT2D eigenvalue weighted by Gasteiger charge is 2.82. The lowest BCUT2D eigenvalue weighted by Gasteiger charge is -2.28. The predicted octanol–water partition coefficient (Wildman–Crippen LogP) is 5.34. The zero-order chi connectivity index (χ0) is 31.6. The van der Waals surface area contributed by atoms with Gasteiger partial charge in [0.15, 0.2) is 11.4 Å². The van der Waals surface area contributed by atoms with Crippen LogP contribution in [0.15, 0.2) is 30.6 Å². The predicted molar refractivity (Wildman–Crippen MR) is 122 cm³/mol. The van der Waals surface area contributed by atoms with Gasteiger partial charge in [0.2, 0.25) is 0 Å². The lowest BCUT2D eigenvalue weighted by molar-refractivity contribution is -0.307. The van der Waals surface area contributed by atoms with Crippen molar-refractivity contribution < 1.29 is 61.3 Å². The topological polar surface area (TPSA) is 108 Å². The minimum atomic E-state index is -7.59. The zero-order valence-corrected chi connectivity index (χ0v) is 21.9. The number of amides is 1. The molecule has 3 aromatic rings. The van der Waals surface area contributed by atoms with Gasteiger partial charge >= 0.3 is 33.6 Å². The van der Waals surface area contributed by atoms with Crippen LogP contribution in [0, 0.1) is 0 Å². The van der Waals surface area contributed by atoms with Crippen molar-refractivity contribution in [2.45, 2.75) is 42.4 Å². The van der Waals surface area contributed by atoms with Gasteiger partial charge in [-0.1, -0.05) is 17.7 Å². The molecule has 0 atom stereocenters.